The number of halogens is 1. The molecule has 0 aliphatic rings. The third kappa shape index (κ3) is 4.91. The fraction of sp³-hybridized carbons (Fsp3) is 0. The van der Waals surface area contributed by atoms with Crippen molar-refractivity contribution in [1.82, 2.24) is 4.98 Å². The Hall–Kier alpha value is -3.68. The van der Waals surface area contributed by atoms with Crippen LogP contribution in [-0.4, -0.2) is 16.7 Å². The standard InChI is InChI=1S/C23H15ClN2O4S/c24-17-8-2-1-7-16(17)22(28)25-15-6-3-5-14(11-15)12-20-23(29)26-21(31-20)13-18(27)19-9-4-10-30-19/h1-13H,(H,25,28)(H,26,29)/b20-12-,21-13-. The second-order valence-electron chi connectivity index (χ2n) is 6.47. The average molecular weight is 451 g/mol. The van der Waals surface area contributed by atoms with Gasteiger partial charge in [0.2, 0.25) is 5.78 Å². The van der Waals surface area contributed by atoms with Crippen LogP contribution in [0.2, 0.25) is 5.02 Å². The predicted molar refractivity (Wildman–Crippen MR) is 121 cm³/mol. The van der Waals surface area contributed by atoms with Gasteiger partial charge in [-0.05, 0) is 48.0 Å². The minimum absolute atomic E-state index is 0.196. The predicted octanol–water partition coefficient (Wildman–Crippen LogP) is 3.43. The zero-order valence-corrected chi connectivity index (χ0v) is 17.5. The first-order valence-corrected chi connectivity index (χ1v) is 10.4. The van der Waals surface area contributed by atoms with Gasteiger partial charge in [-0.1, -0.05) is 35.9 Å². The number of Topliss-reactive ketones (excluding diaryl/α,β-unsaturated/α-hetero) is 1. The number of aromatic amines is 1. The molecule has 0 radical (unpaired) electrons. The fourth-order valence-corrected chi connectivity index (χ4v) is 3.94. The minimum atomic E-state index is -0.335. The van der Waals surface area contributed by atoms with Crippen LogP contribution in [0.1, 0.15) is 26.5 Å². The fourth-order valence-electron chi connectivity index (χ4n) is 2.83. The molecule has 2 aromatic heterocycles. The van der Waals surface area contributed by atoms with E-state index in [-0.39, 0.29) is 23.0 Å². The summed E-state index contributed by atoms with van der Waals surface area (Å²) in [7, 11) is 0. The highest BCUT2D eigenvalue weighted by Gasteiger charge is 2.10. The number of furan rings is 1. The Kier molecular flexibility index (Phi) is 5.97. The van der Waals surface area contributed by atoms with E-state index in [2.05, 4.69) is 10.3 Å². The van der Waals surface area contributed by atoms with Crippen molar-refractivity contribution in [3.63, 3.8) is 0 Å². The molecule has 0 fully saturated rings. The van der Waals surface area contributed by atoms with Gasteiger partial charge in [-0.15, -0.1) is 11.3 Å². The molecule has 6 nitrogen and oxygen atoms in total. The van der Waals surface area contributed by atoms with E-state index in [1.54, 1.807) is 60.7 Å². The molecule has 0 unspecified atom stereocenters. The molecule has 0 saturated heterocycles. The molecule has 0 atom stereocenters. The number of amides is 1. The number of anilines is 1. The van der Waals surface area contributed by atoms with Gasteiger partial charge in [-0.25, -0.2) is 0 Å². The molecule has 0 aliphatic heterocycles. The normalized spacial score (nSPS) is 12.2. The van der Waals surface area contributed by atoms with Crippen LogP contribution in [0.25, 0.3) is 12.2 Å². The smallest absolute Gasteiger partial charge is 0.266 e. The van der Waals surface area contributed by atoms with E-state index in [0.29, 0.717) is 31.0 Å². The number of aromatic nitrogens is 1. The number of benzene rings is 2. The topological polar surface area (TPSA) is 92.2 Å². The average Bonchev–Trinajstić information content (AvgIpc) is 3.39. The van der Waals surface area contributed by atoms with Crippen molar-refractivity contribution in [1.29, 1.82) is 0 Å². The van der Waals surface area contributed by atoms with Gasteiger partial charge >= 0.3 is 0 Å². The van der Waals surface area contributed by atoms with E-state index in [9.17, 15) is 14.4 Å². The van der Waals surface area contributed by atoms with Crippen LogP contribution in [-0.2, 0) is 0 Å². The molecule has 0 spiro atoms. The SMILES string of the molecule is O=C(/C=c1/[nH]c(=O)/c(=C/c2cccc(NC(=O)c3ccccc3Cl)c2)s1)c1ccco1. The van der Waals surface area contributed by atoms with Gasteiger partial charge in [0.05, 0.1) is 26.0 Å². The van der Waals surface area contributed by atoms with Crippen molar-refractivity contribution in [2.45, 2.75) is 0 Å². The van der Waals surface area contributed by atoms with Crippen LogP contribution in [0.3, 0.4) is 0 Å². The molecular formula is C23H15ClN2O4S. The van der Waals surface area contributed by atoms with Crippen LogP contribution in [0.4, 0.5) is 5.69 Å². The summed E-state index contributed by atoms with van der Waals surface area (Å²) in [6, 6.07) is 17.0. The van der Waals surface area contributed by atoms with E-state index in [4.69, 9.17) is 16.0 Å². The number of ketones is 1. The molecule has 4 aromatic rings. The van der Waals surface area contributed by atoms with Gasteiger partial charge in [-0.3, -0.25) is 14.4 Å². The summed E-state index contributed by atoms with van der Waals surface area (Å²) in [6.45, 7) is 0. The van der Waals surface area contributed by atoms with Gasteiger partial charge in [-0.2, -0.15) is 0 Å². The number of carbonyl (C=O) groups excluding carboxylic acids is 2. The molecule has 154 valence electrons. The molecule has 8 heteroatoms. The Morgan fingerprint density at radius 1 is 1.06 bits per heavy atom. The van der Waals surface area contributed by atoms with Gasteiger partial charge in [0.1, 0.15) is 0 Å². The quantitative estimate of drug-likeness (QED) is 0.456. The van der Waals surface area contributed by atoms with Gasteiger partial charge < -0.3 is 14.7 Å². The lowest BCUT2D eigenvalue weighted by molar-refractivity contribution is 0.102. The van der Waals surface area contributed by atoms with Crippen LogP contribution in [0.5, 0.6) is 0 Å². The lowest BCUT2D eigenvalue weighted by atomic mass is 10.1. The van der Waals surface area contributed by atoms with E-state index >= 15 is 0 Å². The van der Waals surface area contributed by atoms with E-state index in [1.807, 2.05) is 6.07 Å². The summed E-state index contributed by atoms with van der Waals surface area (Å²) in [5, 5.41) is 3.16. The highest BCUT2D eigenvalue weighted by atomic mass is 35.5. The number of rotatable bonds is 5. The summed E-state index contributed by atoms with van der Waals surface area (Å²) in [5.74, 6) is -0.467. The highest BCUT2D eigenvalue weighted by Crippen LogP contribution is 2.18. The summed E-state index contributed by atoms with van der Waals surface area (Å²) in [6.07, 6.45) is 4.42. The maximum atomic E-state index is 12.5. The van der Waals surface area contributed by atoms with Gasteiger partial charge in [0.15, 0.2) is 5.76 Å². The second kappa shape index (κ2) is 8.99. The van der Waals surface area contributed by atoms with E-state index < -0.39 is 0 Å². The Balaban J connectivity index is 1.59. The monoisotopic (exact) mass is 450 g/mol. The Labute approximate surface area is 185 Å². The molecule has 0 bridgehead atoms. The number of thiazole rings is 1. The second-order valence-corrected chi connectivity index (χ2v) is 7.97. The lowest BCUT2D eigenvalue weighted by Gasteiger charge is -2.07. The van der Waals surface area contributed by atoms with Crippen molar-refractivity contribution in [3.8, 4) is 0 Å². The molecule has 2 heterocycles. The number of hydrogen-bond donors (Lipinski definition) is 2. The van der Waals surface area contributed by atoms with Crippen LogP contribution < -0.4 is 20.1 Å². The van der Waals surface area contributed by atoms with Gasteiger partial charge in [0.25, 0.3) is 11.5 Å². The zero-order valence-electron chi connectivity index (χ0n) is 15.9. The van der Waals surface area contributed by atoms with Crippen LogP contribution in [0.15, 0.2) is 76.1 Å². The maximum absolute atomic E-state index is 12.5. The Bertz CT molecular complexity index is 1430. The molecule has 0 aliphatic carbocycles. The van der Waals surface area contributed by atoms with E-state index in [1.165, 1.54) is 12.3 Å². The van der Waals surface area contributed by atoms with Crippen molar-refractivity contribution in [2.75, 3.05) is 5.32 Å². The molecule has 31 heavy (non-hydrogen) atoms. The first-order chi connectivity index (χ1) is 15.0. The van der Waals surface area contributed by atoms with Crippen molar-refractivity contribution < 1.29 is 14.0 Å². The number of nitrogens with one attached hydrogen (secondary N) is 2. The first-order valence-electron chi connectivity index (χ1n) is 9.16. The third-order valence-corrected chi connectivity index (χ3v) is 5.56. The highest BCUT2D eigenvalue weighted by molar-refractivity contribution is 7.07. The van der Waals surface area contributed by atoms with Crippen molar-refractivity contribution in [2.24, 2.45) is 0 Å². The minimum Gasteiger partial charge on any atom is -0.461 e. The molecule has 4 rings (SSSR count). The number of H-pyrrole nitrogens is 1. The maximum Gasteiger partial charge on any atom is 0.266 e. The summed E-state index contributed by atoms with van der Waals surface area (Å²) in [4.78, 5) is 39.5. The van der Waals surface area contributed by atoms with E-state index in [0.717, 1.165) is 11.3 Å². The van der Waals surface area contributed by atoms with Crippen LogP contribution in [0, 0.1) is 0 Å². The largest absolute Gasteiger partial charge is 0.461 e. The Morgan fingerprint density at radius 2 is 1.90 bits per heavy atom. The number of hydrogen-bond acceptors (Lipinski definition) is 5. The van der Waals surface area contributed by atoms with Crippen molar-refractivity contribution in [3.05, 3.63) is 108 Å². The summed E-state index contributed by atoms with van der Waals surface area (Å²) < 4.78 is 5.91. The number of carbonyl (C=O) groups is 2. The molecule has 1 amide bonds. The van der Waals surface area contributed by atoms with Gasteiger partial charge in [0, 0.05) is 11.8 Å². The molecular weight excluding hydrogens is 436 g/mol. The zero-order chi connectivity index (χ0) is 21.8. The molecule has 0 saturated carbocycles. The Morgan fingerprint density at radius 3 is 2.68 bits per heavy atom. The third-order valence-electron chi connectivity index (χ3n) is 4.27. The van der Waals surface area contributed by atoms with Crippen LogP contribution >= 0.6 is 22.9 Å². The lowest BCUT2D eigenvalue weighted by Crippen LogP contribution is -2.20. The summed E-state index contributed by atoms with van der Waals surface area (Å²) in [5.41, 5.74) is 1.34. The first kappa shape index (κ1) is 20.6. The molecule has 2 aromatic carbocycles. The molecule has 2 N–H and O–H groups in total. The van der Waals surface area contributed by atoms with Crippen molar-refractivity contribution >= 4 is 52.5 Å². The summed E-state index contributed by atoms with van der Waals surface area (Å²) >= 11 is 7.23.